The molecule has 1 fully saturated rings. The molecule has 0 bridgehead atoms. The van der Waals surface area contributed by atoms with Gasteiger partial charge in [0, 0.05) is 19.0 Å². The highest BCUT2D eigenvalue weighted by Gasteiger charge is 2.26. The molecule has 1 N–H and O–H groups in total. The minimum absolute atomic E-state index is 0.444. The highest BCUT2D eigenvalue weighted by Crippen LogP contribution is 2.29. The summed E-state index contributed by atoms with van der Waals surface area (Å²) in [7, 11) is 0. The van der Waals surface area contributed by atoms with Gasteiger partial charge in [0.2, 0.25) is 5.95 Å². The zero-order chi connectivity index (χ0) is 17.3. The van der Waals surface area contributed by atoms with Gasteiger partial charge >= 0.3 is 0 Å². The van der Waals surface area contributed by atoms with Gasteiger partial charge in [-0.15, -0.1) is 0 Å². The first-order chi connectivity index (χ1) is 12.9. The van der Waals surface area contributed by atoms with Crippen molar-refractivity contribution in [3.8, 4) is 5.69 Å². The minimum Gasteiger partial charge on any atom is -0.342 e. The van der Waals surface area contributed by atoms with E-state index in [4.69, 9.17) is 4.98 Å². The third-order valence-corrected chi connectivity index (χ3v) is 5.03. The molecule has 1 saturated heterocycles. The third-order valence-electron chi connectivity index (χ3n) is 5.03. The summed E-state index contributed by atoms with van der Waals surface area (Å²) in [6, 6.07) is 18.2. The molecule has 2 aromatic heterocycles. The van der Waals surface area contributed by atoms with Crippen molar-refractivity contribution in [3.63, 3.8) is 0 Å². The monoisotopic (exact) mass is 345 g/mol. The molecule has 4 aromatic rings. The summed E-state index contributed by atoms with van der Waals surface area (Å²) < 4.78 is 1.81. The number of benzene rings is 2. The molecule has 130 valence electrons. The van der Waals surface area contributed by atoms with Crippen LogP contribution >= 0.6 is 0 Å². The molecular weight excluding hydrogens is 326 g/mol. The van der Waals surface area contributed by atoms with Gasteiger partial charge < -0.3 is 9.88 Å². The van der Waals surface area contributed by atoms with Crippen LogP contribution < -0.4 is 4.90 Å². The first kappa shape index (κ1) is 15.1. The maximum atomic E-state index is 4.77. The number of aromatic amines is 1. The second-order valence-corrected chi connectivity index (χ2v) is 6.63. The van der Waals surface area contributed by atoms with E-state index in [2.05, 4.69) is 37.5 Å². The van der Waals surface area contributed by atoms with Gasteiger partial charge in [-0.25, -0.2) is 4.98 Å². The Labute approximate surface area is 150 Å². The van der Waals surface area contributed by atoms with Crippen molar-refractivity contribution in [1.29, 1.82) is 0 Å². The highest BCUT2D eigenvalue weighted by atomic mass is 15.6. The van der Waals surface area contributed by atoms with E-state index < -0.39 is 0 Å². The Bertz CT molecular complexity index is 979. The molecule has 0 amide bonds. The van der Waals surface area contributed by atoms with E-state index in [0.29, 0.717) is 5.92 Å². The van der Waals surface area contributed by atoms with Crippen LogP contribution in [0.25, 0.3) is 16.7 Å². The maximum absolute atomic E-state index is 4.77. The van der Waals surface area contributed by atoms with Crippen LogP contribution in [0, 0.1) is 0 Å². The van der Waals surface area contributed by atoms with Crippen LogP contribution in [0.15, 0.2) is 54.6 Å². The standard InChI is InChI=1S/C19H19N7/c1-2-6-15(7-3-1)26-19(22-23-24-26)25-12-10-14(11-13-25)18-20-16-8-4-5-9-17(16)21-18/h1-9,14H,10-13H2,(H,20,21). The fourth-order valence-corrected chi connectivity index (χ4v) is 3.63. The second-order valence-electron chi connectivity index (χ2n) is 6.63. The van der Waals surface area contributed by atoms with Gasteiger partial charge in [0.05, 0.1) is 16.7 Å². The van der Waals surface area contributed by atoms with E-state index >= 15 is 0 Å². The molecular formula is C19H19N7. The van der Waals surface area contributed by atoms with E-state index in [-0.39, 0.29) is 0 Å². The lowest BCUT2D eigenvalue weighted by atomic mass is 9.96. The van der Waals surface area contributed by atoms with E-state index in [0.717, 1.165) is 54.4 Å². The summed E-state index contributed by atoms with van der Waals surface area (Å²) in [6.07, 6.45) is 2.06. The third kappa shape index (κ3) is 2.61. The number of tetrazole rings is 1. The first-order valence-corrected chi connectivity index (χ1v) is 8.92. The number of piperidine rings is 1. The zero-order valence-corrected chi connectivity index (χ0v) is 14.3. The SMILES string of the molecule is c1ccc(-n2nnnc2N2CCC(c3nc4ccccc4[nH]3)CC2)cc1. The van der Waals surface area contributed by atoms with Gasteiger partial charge in [-0.05, 0) is 47.5 Å². The number of fused-ring (bicyclic) bond motifs is 1. The molecule has 0 spiro atoms. The van der Waals surface area contributed by atoms with Crippen molar-refractivity contribution in [1.82, 2.24) is 30.2 Å². The molecule has 5 rings (SSSR count). The van der Waals surface area contributed by atoms with E-state index in [9.17, 15) is 0 Å². The lowest BCUT2D eigenvalue weighted by molar-refractivity contribution is 0.482. The molecule has 0 saturated carbocycles. The molecule has 0 unspecified atom stereocenters. The number of nitrogens with one attached hydrogen (secondary N) is 1. The second kappa shape index (κ2) is 6.25. The van der Waals surface area contributed by atoms with Gasteiger partial charge in [-0.3, -0.25) is 0 Å². The van der Waals surface area contributed by atoms with Crippen molar-refractivity contribution in [3.05, 3.63) is 60.4 Å². The first-order valence-electron chi connectivity index (χ1n) is 8.92. The van der Waals surface area contributed by atoms with Crippen molar-refractivity contribution < 1.29 is 0 Å². The Morgan fingerprint density at radius 3 is 2.50 bits per heavy atom. The lowest BCUT2D eigenvalue weighted by Crippen LogP contribution is -2.35. The predicted molar refractivity (Wildman–Crippen MR) is 99.4 cm³/mol. The van der Waals surface area contributed by atoms with Crippen LogP contribution in [0.2, 0.25) is 0 Å². The Morgan fingerprint density at radius 1 is 0.923 bits per heavy atom. The van der Waals surface area contributed by atoms with Crippen molar-refractivity contribution in [2.24, 2.45) is 0 Å². The normalized spacial score (nSPS) is 15.6. The van der Waals surface area contributed by atoms with Crippen LogP contribution in [0.3, 0.4) is 0 Å². The predicted octanol–water partition coefficient (Wildman–Crippen LogP) is 2.92. The average molecular weight is 345 g/mol. The molecule has 1 aliphatic rings. The van der Waals surface area contributed by atoms with Crippen LogP contribution in [-0.2, 0) is 0 Å². The largest absolute Gasteiger partial charge is 0.342 e. The lowest BCUT2D eigenvalue weighted by Gasteiger charge is -2.31. The number of rotatable bonds is 3. The van der Waals surface area contributed by atoms with Gasteiger partial charge in [0.15, 0.2) is 0 Å². The van der Waals surface area contributed by atoms with Crippen molar-refractivity contribution >= 4 is 17.0 Å². The number of imidazole rings is 1. The number of para-hydroxylation sites is 3. The molecule has 0 atom stereocenters. The number of H-pyrrole nitrogens is 1. The Morgan fingerprint density at radius 2 is 1.69 bits per heavy atom. The van der Waals surface area contributed by atoms with Crippen molar-refractivity contribution in [2.45, 2.75) is 18.8 Å². The Hall–Kier alpha value is -3.22. The molecule has 0 radical (unpaired) electrons. The van der Waals surface area contributed by atoms with E-state index in [1.54, 1.807) is 0 Å². The van der Waals surface area contributed by atoms with Gasteiger partial charge in [0.1, 0.15) is 5.82 Å². The summed E-state index contributed by atoms with van der Waals surface area (Å²) in [4.78, 5) is 10.5. The Kier molecular flexibility index (Phi) is 3.62. The van der Waals surface area contributed by atoms with E-state index in [1.165, 1.54) is 0 Å². The summed E-state index contributed by atoms with van der Waals surface area (Å²) in [5.74, 6) is 2.34. The molecule has 26 heavy (non-hydrogen) atoms. The van der Waals surface area contributed by atoms with Crippen LogP contribution in [0.1, 0.15) is 24.6 Å². The fourth-order valence-electron chi connectivity index (χ4n) is 3.63. The summed E-state index contributed by atoms with van der Waals surface area (Å²) in [5.41, 5.74) is 3.13. The summed E-state index contributed by atoms with van der Waals surface area (Å²) in [6.45, 7) is 1.82. The topological polar surface area (TPSA) is 75.5 Å². The van der Waals surface area contributed by atoms with Crippen LogP contribution in [-0.4, -0.2) is 43.3 Å². The molecule has 7 nitrogen and oxygen atoms in total. The number of aromatic nitrogens is 6. The fraction of sp³-hybridized carbons (Fsp3) is 0.263. The highest BCUT2D eigenvalue weighted by molar-refractivity contribution is 5.74. The Balaban J connectivity index is 1.34. The summed E-state index contributed by atoms with van der Waals surface area (Å²) >= 11 is 0. The number of hydrogen-bond donors (Lipinski definition) is 1. The van der Waals surface area contributed by atoms with E-state index in [1.807, 2.05) is 47.1 Å². The molecule has 3 heterocycles. The quantitative estimate of drug-likeness (QED) is 0.618. The number of anilines is 1. The minimum atomic E-state index is 0.444. The van der Waals surface area contributed by atoms with Gasteiger partial charge in [-0.2, -0.15) is 4.68 Å². The smallest absolute Gasteiger partial charge is 0.250 e. The number of nitrogens with zero attached hydrogens (tertiary/aromatic N) is 6. The molecule has 1 aliphatic heterocycles. The molecule has 0 aliphatic carbocycles. The molecule has 7 heteroatoms. The number of hydrogen-bond acceptors (Lipinski definition) is 5. The van der Waals surface area contributed by atoms with Crippen LogP contribution in [0.4, 0.5) is 5.95 Å². The molecule has 2 aromatic carbocycles. The van der Waals surface area contributed by atoms with Gasteiger partial charge in [0.25, 0.3) is 0 Å². The average Bonchev–Trinajstić information content (AvgIpc) is 3.36. The van der Waals surface area contributed by atoms with Crippen LogP contribution in [0.5, 0.6) is 0 Å². The maximum Gasteiger partial charge on any atom is 0.250 e. The zero-order valence-electron chi connectivity index (χ0n) is 14.3. The van der Waals surface area contributed by atoms with Gasteiger partial charge in [-0.1, -0.05) is 35.4 Å². The van der Waals surface area contributed by atoms with Crippen molar-refractivity contribution in [2.75, 3.05) is 18.0 Å². The summed E-state index contributed by atoms with van der Waals surface area (Å²) in [5, 5.41) is 12.3.